The summed E-state index contributed by atoms with van der Waals surface area (Å²) in [5.41, 5.74) is 3.86. The molecule has 0 spiro atoms. The Kier molecular flexibility index (Phi) is 2.19. The molecule has 2 aromatic heterocycles. The Labute approximate surface area is 126 Å². The average molecular weight is 285 g/mol. The first-order chi connectivity index (χ1) is 10.8. The second-order valence-corrected chi connectivity index (χ2v) is 5.67. The molecule has 3 aromatic carbocycles. The SMILES string of the molecule is OB(O)c1cccc2c1c1cccc3c4ccccc4n2c31. The van der Waals surface area contributed by atoms with Gasteiger partial charge in [-0.2, -0.15) is 0 Å². The molecule has 0 amide bonds. The van der Waals surface area contributed by atoms with E-state index in [0.29, 0.717) is 5.46 Å². The maximum atomic E-state index is 9.72. The van der Waals surface area contributed by atoms with Gasteiger partial charge in [0, 0.05) is 21.5 Å². The van der Waals surface area contributed by atoms with Crippen molar-refractivity contribution in [3.63, 3.8) is 0 Å². The van der Waals surface area contributed by atoms with E-state index in [4.69, 9.17) is 0 Å². The minimum absolute atomic E-state index is 0.554. The van der Waals surface area contributed by atoms with Gasteiger partial charge in [-0.3, -0.25) is 0 Å². The first kappa shape index (κ1) is 12.0. The van der Waals surface area contributed by atoms with Crippen LogP contribution >= 0.6 is 0 Å². The van der Waals surface area contributed by atoms with Crippen molar-refractivity contribution in [2.24, 2.45) is 0 Å². The molecule has 0 aliphatic carbocycles. The average Bonchev–Trinajstić information content (AvgIpc) is 3.06. The lowest BCUT2D eigenvalue weighted by molar-refractivity contribution is 0.426. The third-order valence-corrected chi connectivity index (χ3v) is 4.56. The second-order valence-electron chi connectivity index (χ2n) is 5.67. The van der Waals surface area contributed by atoms with Gasteiger partial charge >= 0.3 is 7.12 Å². The molecule has 5 aromatic rings. The molecule has 2 heterocycles. The monoisotopic (exact) mass is 285 g/mol. The Balaban J connectivity index is 2.20. The molecule has 0 aliphatic rings. The lowest BCUT2D eigenvalue weighted by Crippen LogP contribution is -2.30. The minimum atomic E-state index is -1.47. The van der Waals surface area contributed by atoms with Crippen molar-refractivity contribution >= 4 is 50.7 Å². The maximum Gasteiger partial charge on any atom is 0.489 e. The summed E-state index contributed by atoms with van der Waals surface area (Å²) in [6.45, 7) is 0. The Morgan fingerprint density at radius 3 is 2.23 bits per heavy atom. The van der Waals surface area contributed by atoms with Crippen molar-refractivity contribution in [2.45, 2.75) is 0 Å². The first-order valence-corrected chi connectivity index (χ1v) is 7.29. The van der Waals surface area contributed by atoms with Crippen LogP contribution in [-0.2, 0) is 0 Å². The van der Waals surface area contributed by atoms with Crippen molar-refractivity contribution in [2.75, 3.05) is 0 Å². The van der Waals surface area contributed by atoms with Gasteiger partial charge in [-0.1, -0.05) is 48.5 Å². The highest BCUT2D eigenvalue weighted by atomic mass is 16.4. The summed E-state index contributed by atoms with van der Waals surface area (Å²) in [6, 6.07) is 20.2. The highest BCUT2D eigenvalue weighted by Crippen LogP contribution is 2.37. The van der Waals surface area contributed by atoms with E-state index in [1.165, 1.54) is 10.8 Å². The van der Waals surface area contributed by atoms with Gasteiger partial charge in [-0.15, -0.1) is 0 Å². The third kappa shape index (κ3) is 1.29. The number of rotatable bonds is 1. The van der Waals surface area contributed by atoms with Crippen LogP contribution in [0.25, 0.3) is 38.1 Å². The van der Waals surface area contributed by atoms with Crippen molar-refractivity contribution in [1.29, 1.82) is 0 Å². The molecule has 0 saturated heterocycles. The van der Waals surface area contributed by atoms with Gasteiger partial charge < -0.3 is 14.4 Å². The number of hydrogen-bond donors (Lipinski definition) is 2. The normalized spacial score (nSPS) is 12.1. The molecule has 2 N–H and O–H groups in total. The van der Waals surface area contributed by atoms with Gasteiger partial charge in [0.05, 0.1) is 16.6 Å². The van der Waals surface area contributed by atoms with E-state index in [-0.39, 0.29) is 0 Å². The summed E-state index contributed by atoms with van der Waals surface area (Å²) < 4.78 is 2.22. The van der Waals surface area contributed by atoms with Crippen molar-refractivity contribution < 1.29 is 10.0 Å². The topological polar surface area (TPSA) is 44.9 Å². The van der Waals surface area contributed by atoms with Crippen LogP contribution < -0.4 is 5.46 Å². The molecule has 0 saturated carbocycles. The second kappa shape index (κ2) is 4.00. The lowest BCUT2D eigenvalue weighted by atomic mass is 9.77. The summed E-state index contributed by atoms with van der Waals surface area (Å²) in [4.78, 5) is 0. The number of benzene rings is 3. The van der Waals surface area contributed by atoms with Crippen LogP contribution in [0.3, 0.4) is 0 Å². The number of fused-ring (bicyclic) bond motifs is 6. The molecule has 22 heavy (non-hydrogen) atoms. The lowest BCUT2D eigenvalue weighted by Gasteiger charge is -2.03. The molecule has 5 rings (SSSR count). The fraction of sp³-hybridized carbons (Fsp3) is 0. The smallest absolute Gasteiger partial charge is 0.423 e. The fourth-order valence-corrected chi connectivity index (χ4v) is 3.72. The highest BCUT2D eigenvalue weighted by Gasteiger charge is 2.22. The van der Waals surface area contributed by atoms with E-state index in [1.807, 2.05) is 24.3 Å². The third-order valence-electron chi connectivity index (χ3n) is 4.56. The van der Waals surface area contributed by atoms with Crippen LogP contribution in [0.1, 0.15) is 0 Å². The number of para-hydroxylation sites is 2. The van der Waals surface area contributed by atoms with Gasteiger partial charge in [0.1, 0.15) is 0 Å². The molecular weight excluding hydrogens is 273 g/mol. The summed E-state index contributed by atoms with van der Waals surface area (Å²) in [5.74, 6) is 0. The molecule has 0 bridgehead atoms. The Morgan fingerprint density at radius 1 is 0.682 bits per heavy atom. The predicted molar refractivity (Wildman–Crippen MR) is 90.9 cm³/mol. The van der Waals surface area contributed by atoms with Crippen LogP contribution in [0.2, 0.25) is 0 Å². The zero-order chi connectivity index (χ0) is 14.8. The number of hydrogen-bond acceptors (Lipinski definition) is 2. The van der Waals surface area contributed by atoms with Crippen LogP contribution in [0, 0.1) is 0 Å². The first-order valence-electron chi connectivity index (χ1n) is 7.29. The van der Waals surface area contributed by atoms with Crippen molar-refractivity contribution in [3.05, 3.63) is 60.7 Å². The van der Waals surface area contributed by atoms with E-state index >= 15 is 0 Å². The largest absolute Gasteiger partial charge is 0.489 e. The molecule has 0 radical (unpaired) electrons. The van der Waals surface area contributed by atoms with Crippen LogP contribution in [0.4, 0.5) is 0 Å². The van der Waals surface area contributed by atoms with Gasteiger partial charge in [-0.05, 0) is 17.6 Å². The van der Waals surface area contributed by atoms with Gasteiger partial charge in [0.15, 0.2) is 0 Å². The zero-order valence-corrected chi connectivity index (χ0v) is 11.7. The maximum absolute atomic E-state index is 9.72. The van der Waals surface area contributed by atoms with Crippen LogP contribution in [0.15, 0.2) is 60.7 Å². The Morgan fingerprint density at radius 2 is 1.36 bits per heavy atom. The standard InChI is InChI=1S/C18H12BNO2/c21-19(22)14-8-4-10-16-17(14)13-7-3-6-12-11-5-1-2-9-15(11)20(16)18(12)13/h1-10,21-22H. The van der Waals surface area contributed by atoms with Gasteiger partial charge in [0.25, 0.3) is 0 Å². The molecule has 0 atom stereocenters. The number of nitrogens with zero attached hydrogens (tertiary/aromatic N) is 1. The quantitative estimate of drug-likeness (QED) is 0.465. The summed E-state index contributed by atoms with van der Waals surface area (Å²) in [7, 11) is -1.47. The van der Waals surface area contributed by atoms with E-state index in [9.17, 15) is 10.0 Å². The highest BCUT2D eigenvalue weighted by molar-refractivity contribution is 6.63. The summed E-state index contributed by atoms with van der Waals surface area (Å²) >= 11 is 0. The predicted octanol–water partition coefficient (Wildman–Crippen LogP) is 2.52. The van der Waals surface area contributed by atoms with E-state index in [2.05, 4.69) is 34.7 Å². The van der Waals surface area contributed by atoms with E-state index < -0.39 is 7.12 Å². The zero-order valence-electron chi connectivity index (χ0n) is 11.7. The minimum Gasteiger partial charge on any atom is -0.423 e. The number of aromatic nitrogens is 1. The fourth-order valence-electron chi connectivity index (χ4n) is 3.72. The Hall–Kier alpha value is -2.56. The molecule has 3 nitrogen and oxygen atoms in total. The van der Waals surface area contributed by atoms with E-state index in [1.54, 1.807) is 6.07 Å². The molecule has 104 valence electrons. The van der Waals surface area contributed by atoms with Gasteiger partial charge in [-0.25, -0.2) is 0 Å². The summed E-state index contributed by atoms with van der Waals surface area (Å²) in [6.07, 6.45) is 0. The van der Waals surface area contributed by atoms with Crippen LogP contribution in [-0.4, -0.2) is 21.6 Å². The van der Waals surface area contributed by atoms with E-state index in [0.717, 1.165) is 27.3 Å². The Bertz CT molecular complexity index is 1160. The van der Waals surface area contributed by atoms with Gasteiger partial charge in [0.2, 0.25) is 0 Å². The van der Waals surface area contributed by atoms with Crippen molar-refractivity contribution in [1.82, 2.24) is 4.40 Å². The molecule has 0 unspecified atom stereocenters. The molecule has 0 fully saturated rings. The van der Waals surface area contributed by atoms with Crippen LogP contribution in [0.5, 0.6) is 0 Å². The van der Waals surface area contributed by atoms with Crippen molar-refractivity contribution in [3.8, 4) is 0 Å². The summed E-state index contributed by atoms with van der Waals surface area (Å²) in [5, 5.41) is 23.8. The molecule has 4 heteroatoms. The molecule has 0 aliphatic heterocycles. The molecular formula is C18H12BNO2.